The van der Waals surface area contributed by atoms with E-state index in [1.807, 2.05) is 0 Å². The lowest BCUT2D eigenvalue weighted by atomic mass is 10.2. The van der Waals surface area contributed by atoms with Gasteiger partial charge in [0, 0.05) is 32.7 Å². The fourth-order valence-corrected chi connectivity index (χ4v) is 1.39. The summed E-state index contributed by atoms with van der Waals surface area (Å²) in [5.41, 5.74) is 5.43. The van der Waals surface area contributed by atoms with E-state index in [1.165, 1.54) is 0 Å². The molecule has 0 amide bonds. The Morgan fingerprint density at radius 1 is 1.46 bits per heavy atom. The van der Waals surface area contributed by atoms with Gasteiger partial charge in [-0.05, 0) is 7.05 Å². The molecule has 1 aliphatic rings. The molecule has 0 aliphatic carbocycles. The first-order valence-corrected chi connectivity index (χ1v) is 4.49. The second kappa shape index (κ2) is 4.55. The van der Waals surface area contributed by atoms with Crippen molar-refractivity contribution in [3.63, 3.8) is 0 Å². The highest BCUT2D eigenvalue weighted by Gasteiger charge is 2.19. The number of carbonyl (C=O) groups is 1. The highest BCUT2D eigenvalue weighted by Crippen LogP contribution is 1.99. The van der Waals surface area contributed by atoms with Gasteiger partial charge in [-0.25, -0.2) is 0 Å². The summed E-state index contributed by atoms with van der Waals surface area (Å²) in [5, 5.41) is 8.60. The minimum atomic E-state index is -0.918. The quantitative estimate of drug-likeness (QED) is 0.571. The highest BCUT2D eigenvalue weighted by atomic mass is 16.4. The van der Waals surface area contributed by atoms with Crippen LogP contribution in [-0.2, 0) is 4.79 Å². The number of carboxylic acid groups (broad SMARTS) is 1. The van der Waals surface area contributed by atoms with Gasteiger partial charge in [0.25, 0.3) is 0 Å². The molecule has 1 heterocycles. The Hall–Kier alpha value is -0.650. The molecule has 0 aromatic rings. The van der Waals surface area contributed by atoms with Crippen molar-refractivity contribution in [2.45, 2.75) is 6.04 Å². The van der Waals surface area contributed by atoms with Crippen LogP contribution in [0.1, 0.15) is 0 Å². The predicted molar refractivity (Wildman–Crippen MR) is 49.5 cm³/mol. The molecule has 0 aromatic carbocycles. The number of hydrogen-bond donors (Lipinski definition) is 2. The zero-order valence-corrected chi connectivity index (χ0v) is 7.94. The van der Waals surface area contributed by atoms with Crippen LogP contribution in [0.3, 0.4) is 0 Å². The Kier molecular flexibility index (Phi) is 3.65. The molecule has 1 saturated heterocycles. The van der Waals surface area contributed by atoms with Gasteiger partial charge in [0.15, 0.2) is 0 Å². The number of aliphatic carboxylic acids is 1. The van der Waals surface area contributed by atoms with E-state index in [9.17, 15) is 4.79 Å². The fourth-order valence-electron chi connectivity index (χ4n) is 1.39. The lowest BCUT2D eigenvalue weighted by Gasteiger charge is -2.32. The van der Waals surface area contributed by atoms with Crippen LogP contribution in [0.5, 0.6) is 0 Å². The molecule has 0 aromatic heterocycles. The number of nitrogens with two attached hydrogens (primary N) is 1. The van der Waals surface area contributed by atoms with E-state index in [0.717, 1.165) is 26.2 Å². The third-order valence-electron chi connectivity index (χ3n) is 2.37. The normalized spacial score (nSPS) is 22.9. The van der Waals surface area contributed by atoms with Crippen molar-refractivity contribution in [3.05, 3.63) is 0 Å². The van der Waals surface area contributed by atoms with Gasteiger partial charge in [-0.2, -0.15) is 0 Å². The number of nitrogens with zero attached hydrogens (tertiary/aromatic N) is 2. The van der Waals surface area contributed by atoms with Crippen molar-refractivity contribution >= 4 is 5.97 Å². The molecule has 5 nitrogen and oxygen atoms in total. The standard InChI is InChI=1S/C8H17N3O2/c1-10-2-4-11(5-3-10)6-7(9)8(12)13/h7H,2-6,9H2,1H3,(H,12,13)/t7-/m0/s1. The van der Waals surface area contributed by atoms with E-state index >= 15 is 0 Å². The van der Waals surface area contributed by atoms with E-state index in [1.54, 1.807) is 0 Å². The molecule has 1 rings (SSSR count). The summed E-state index contributed by atoms with van der Waals surface area (Å²) in [6.45, 7) is 4.27. The van der Waals surface area contributed by atoms with Crippen LogP contribution in [0.15, 0.2) is 0 Å². The van der Waals surface area contributed by atoms with E-state index in [2.05, 4.69) is 16.8 Å². The van der Waals surface area contributed by atoms with Gasteiger partial charge in [0.05, 0.1) is 0 Å². The molecule has 3 N–H and O–H groups in total. The molecule has 0 bridgehead atoms. The maximum Gasteiger partial charge on any atom is 0.321 e. The Bertz CT molecular complexity index is 178. The van der Waals surface area contributed by atoms with Gasteiger partial charge in [-0.15, -0.1) is 0 Å². The Labute approximate surface area is 78.1 Å². The van der Waals surface area contributed by atoms with Crippen LogP contribution in [-0.4, -0.2) is 66.7 Å². The second-order valence-electron chi connectivity index (χ2n) is 3.55. The monoisotopic (exact) mass is 187 g/mol. The SMILES string of the molecule is CN1CCN(C[C@H](N)C(=O)O)CC1. The molecule has 0 spiro atoms. The number of rotatable bonds is 3. The van der Waals surface area contributed by atoms with Crippen LogP contribution in [0, 0.1) is 0 Å². The van der Waals surface area contributed by atoms with Crippen molar-refractivity contribution in [1.29, 1.82) is 0 Å². The first-order valence-electron chi connectivity index (χ1n) is 4.49. The molecule has 13 heavy (non-hydrogen) atoms. The molecule has 0 saturated carbocycles. The summed E-state index contributed by atoms with van der Waals surface area (Å²) in [6, 6.07) is -0.747. The summed E-state index contributed by atoms with van der Waals surface area (Å²) >= 11 is 0. The van der Waals surface area contributed by atoms with Crippen molar-refractivity contribution in [3.8, 4) is 0 Å². The van der Waals surface area contributed by atoms with E-state index < -0.39 is 12.0 Å². The van der Waals surface area contributed by atoms with Gasteiger partial charge in [-0.3, -0.25) is 9.69 Å². The summed E-state index contributed by atoms with van der Waals surface area (Å²) < 4.78 is 0. The Morgan fingerprint density at radius 3 is 2.46 bits per heavy atom. The molecule has 0 radical (unpaired) electrons. The molecule has 1 aliphatic heterocycles. The lowest BCUT2D eigenvalue weighted by molar-refractivity contribution is -0.139. The molecular weight excluding hydrogens is 170 g/mol. The number of likely N-dealkylation sites (N-methyl/N-ethyl adjacent to an activating group) is 1. The zero-order valence-electron chi connectivity index (χ0n) is 7.94. The molecule has 76 valence electrons. The van der Waals surface area contributed by atoms with E-state index in [0.29, 0.717) is 6.54 Å². The van der Waals surface area contributed by atoms with E-state index in [4.69, 9.17) is 10.8 Å². The van der Waals surface area contributed by atoms with Crippen LogP contribution < -0.4 is 5.73 Å². The first kappa shape index (κ1) is 10.4. The summed E-state index contributed by atoms with van der Waals surface area (Å²) in [5.74, 6) is -0.918. The van der Waals surface area contributed by atoms with E-state index in [-0.39, 0.29) is 0 Å². The summed E-state index contributed by atoms with van der Waals surface area (Å²) in [6.07, 6.45) is 0. The van der Waals surface area contributed by atoms with Crippen molar-refractivity contribution in [2.75, 3.05) is 39.8 Å². The molecule has 0 unspecified atom stereocenters. The third-order valence-corrected chi connectivity index (χ3v) is 2.37. The summed E-state index contributed by atoms with van der Waals surface area (Å²) in [4.78, 5) is 14.8. The van der Waals surface area contributed by atoms with Gasteiger partial charge in [-0.1, -0.05) is 0 Å². The molecular formula is C8H17N3O2. The van der Waals surface area contributed by atoms with Crippen LogP contribution in [0.2, 0.25) is 0 Å². The number of piperazine rings is 1. The number of carboxylic acids is 1. The third kappa shape index (κ3) is 3.30. The topological polar surface area (TPSA) is 69.8 Å². The Morgan fingerprint density at radius 2 is 2.00 bits per heavy atom. The highest BCUT2D eigenvalue weighted by molar-refractivity contribution is 5.73. The van der Waals surface area contributed by atoms with Gasteiger partial charge in [0.1, 0.15) is 6.04 Å². The molecule has 1 atom stereocenters. The minimum Gasteiger partial charge on any atom is -0.480 e. The Balaban J connectivity index is 2.26. The van der Waals surface area contributed by atoms with Crippen LogP contribution in [0.25, 0.3) is 0 Å². The van der Waals surface area contributed by atoms with Crippen molar-refractivity contribution < 1.29 is 9.90 Å². The smallest absolute Gasteiger partial charge is 0.321 e. The fraction of sp³-hybridized carbons (Fsp3) is 0.875. The van der Waals surface area contributed by atoms with Crippen LogP contribution >= 0.6 is 0 Å². The molecule has 5 heteroatoms. The zero-order chi connectivity index (χ0) is 9.84. The largest absolute Gasteiger partial charge is 0.480 e. The number of hydrogen-bond acceptors (Lipinski definition) is 4. The van der Waals surface area contributed by atoms with Gasteiger partial charge in [0.2, 0.25) is 0 Å². The minimum absolute atomic E-state index is 0.461. The second-order valence-corrected chi connectivity index (χ2v) is 3.55. The average molecular weight is 187 g/mol. The van der Waals surface area contributed by atoms with Gasteiger partial charge >= 0.3 is 5.97 Å². The van der Waals surface area contributed by atoms with Crippen molar-refractivity contribution in [2.24, 2.45) is 5.73 Å². The molecule has 1 fully saturated rings. The maximum atomic E-state index is 10.5. The van der Waals surface area contributed by atoms with Crippen molar-refractivity contribution in [1.82, 2.24) is 9.80 Å². The summed E-state index contributed by atoms with van der Waals surface area (Å²) in [7, 11) is 2.06. The first-order chi connectivity index (χ1) is 6.09. The lowest BCUT2D eigenvalue weighted by Crippen LogP contribution is -2.50. The van der Waals surface area contributed by atoms with Gasteiger partial charge < -0.3 is 15.7 Å². The average Bonchev–Trinajstić information content (AvgIpc) is 2.08. The maximum absolute atomic E-state index is 10.5. The predicted octanol–water partition coefficient (Wildman–Crippen LogP) is -1.35. The van der Waals surface area contributed by atoms with Crippen LogP contribution in [0.4, 0.5) is 0 Å².